The van der Waals surface area contributed by atoms with Crippen LogP contribution < -0.4 is 0 Å². The molecule has 0 saturated carbocycles. The van der Waals surface area contributed by atoms with Crippen LogP contribution in [0.2, 0.25) is 0 Å². The van der Waals surface area contributed by atoms with Crippen molar-refractivity contribution in [1.82, 2.24) is 0 Å². The highest BCUT2D eigenvalue weighted by Gasteiger charge is 2.46. The molecule has 0 aliphatic carbocycles. The Bertz CT molecular complexity index is 908. The lowest BCUT2D eigenvalue weighted by Gasteiger charge is -2.40. The first kappa shape index (κ1) is 20.8. The lowest BCUT2D eigenvalue weighted by molar-refractivity contribution is -0.232. The minimum Gasteiger partial charge on any atom is -0.508 e. The number of benzene rings is 2. The summed E-state index contributed by atoms with van der Waals surface area (Å²) in [5, 5.41) is 79.7. The van der Waals surface area contributed by atoms with E-state index in [1.165, 1.54) is 24.3 Å². The lowest BCUT2D eigenvalue weighted by Crippen LogP contribution is -2.55. The second kappa shape index (κ2) is 7.85. The Balaban J connectivity index is 2.10. The van der Waals surface area contributed by atoms with E-state index in [1.807, 2.05) is 0 Å². The van der Waals surface area contributed by atoms with Crippen LogP contribution in [0.25, 0.3) is 0 Å². The van der Waals surface area contributed by atoms with Crippen LogP contribution in [0.15, 0.2) is 30.3 Å². The third-order valence-electron chi connectivity index (χ3n) is 4.83. The molecule has 2 aromatic rings. The van der Waals surface area contributed by atoms with Crippen LogP contribution in [-0.2, 0) is 4.74 Å². The van der Waals surface area contributed by atoms with Gasteiger partial charge < -0.3 is 45.6 Å². The first-order valence-corrected chi connectivity index (χ1v) is 8.59. The van der Waals surface area contributed by atoms with Gasteiger partial charge >= 0.3 is 0 Å². The van der Waals surface area contributed by atoms with Gasteiger partial charge in [-0.25, -0.2) is 0 Å². The molecule has 0 amide bonds. The Hall–Kier alpha value is -2.89. The van der Waals surface area contributed by atoms with Gasteiger partial charge in [0.2, 0.25) is 5.78 Å². The van der Waals surface area contributed by atoms with E-state index in [9.17, 15) is 45.6 Å². The van der Waals surface area contributed by atoms with Crippen molar-refractivity contribution in [1.29, 1.82) is 0 Å². The zero-order valence-corrected chi connectivity index (χ0v) is 14.9. The monoisotopic (exact) mass is 408 g/mol. The summed E-state index contributed by atoms with van der Waals surface area (Å²) in [7, 11) is 0. The molecule has 0 aromatic heterocycles. The lowest BCUT2D eigenvalue weighted by atomic mass is 9.88. The number of phenols is 4. The number of hydrogen-bond donors (Lipinski definition) is 8. The molecule has 5 unspecified atom stereocenters. The van der Waals surface area contributed by atoms with E-state index in [1.54, 1.807) is 0 Å². The third-order valence-corrected chi connectivity index (χ3v) is 4.83. The molecule has 10 heteroatoms. The molecule has 0 radical (unpaired) electrons. The van der Waals surface area contributed by atoms with Gasteiger partial charge in [0.15, 0.2) is 0 Å². The zero-order valence-electron chi connectivity index (χ0n) is 14.9. The number of phenolic OH excluding ortho intramolecular Hbond substituents is 4. The first-order valence-electron chi connectivity index (χ1n) is 8.59. The quantitative estimate of drug-likeness (QED) is 0.299. The average Bonchev–Trinajstić information content (AvgIpc) is 2.68. The predicted molar refractivity (Wildman–Crippen MR) is 95.7 cm³/mol. The van der Waals surface area contributed by atoms with Crippen LogP contribution in [0.1, 0.15) is 27.6 Å². The standard InChI is InChI=1S/C19H20O10/c20-6-11-15(25)17(27)18(28)19(29-11)13-10(23)5-9(22)12(16(13)26)14(24)7-1-3-8(21)4-2-7/h1-5,11,15,17-23,25-28H,6H2. The molecule has 3 rings (SSSR count). The van der Waals surface area contributed by atoms with Gasteiger partial charge in [0.1, 0.15) is 59.1 Å². The Morgan fingerprint density at radius 3 is 2.10 bits per heavy atom. The first-order chi connectivity index (χ1) is 13.7. The zero-order chi connectivity index (χ0) is 21.5. The Labute approximate surface area is 164 Å². The van der Waals surface area contributed by atoms with Crippen LogP contribution in [-0.4, -0.2) is 77.7 Å². The second-order valence-electron chi connectivity index (χ2n) is 6.68. The summed E-state index contributed by atoms with van der Waals surface area (Å²) in [6.45, 7) is -0.736. The maximum Gasteiger partial charge on any atom is 0.200 e. The molecule has 1 aliphatic rings. The number of hydrogen-bond acceptors (Lipinski definition) is 10. The van der Waals surface area contributed by atoms with Crippen molar-refractivity contribution in [2.24, 2.45) is 0 Å². The number of carbonyl (C=O) groups excluding carboxylic acids is 1. The summed E-state index contributed by atoms with van der Waals surface area (Å²) in [4.78, 5) is 12.7. The number of carbonyl (C=O) groups is 1. The molecule has 1 aliphatic heterocycles. The number of rotatable bonds is 4. The maximum absolute atomic E-state index is 12.7. The van der Waals surface area contributed by atoms with Crippen molar-refractivity contribution in [3.05, 3.63) is 47.0 Å². The number of aromatic hydroxyl groups is 4. The van der Waals surface area contributed by atoms with Crippen molar-refractivity contribution in [3.8, 4) is 23.0 Å². The number of ketones is 1. The molecule has 29 heavy (non-hydrogen) atoms. The number of ether oxygens (including phenoxy) is 1. The molecule has 1 saturated heterocycles. The minimum atomic E-state index is -1.83. The van der Waals surface area contributed by atoms with Crippen LogP contribution >= 0.6 is 0 Å². The Kier molecular flexibility index (Phi) is 5.64. The normalized spacial score (nSPS) is 27.0. The van der Waals surface area contributed by atoms with E-state index in [0.29, 0.717) is 0 Å². The van der Waals surface area contributed by atoms with Crippen LogP contribution in [0, 0.1) is 0 Å². The van der Waals surface area contributed by atoms with Crippen molar-refractivity contribution < 1.29 is 50.4 Å². The van der Waals surface area contributed by atoms with Gasteiger partial charge in [0.05, 0.1) is 12.2 Å². The average molecular weight is 408 g/mol. The van der Waals surface area contributed by atoms with Crippen molar-refractivity contribution in [2.45, 2.75) is 30.5 Å². The fourth-order valence-electron chi connectivity index (χ4n) is 3.26. The third kappa shape index (κ3) is 3.59. The van der Waals surface area contributed by atoms with Gasteiger partial charge in [0, 0.05) is 11.6 Å². The topological polar surface area (TPSA) is 188 Å². The van der Waals surface area contributed by atoms with Crippen LogP contribution in [0.5, 0.6) is 23.0 Å². The van der Waals surface area contributed by atoms with E-state index in [2.05, 4.69) is 0 Å². The second-order valence-corrected chi connectivity index (χ2v) is 6.68. The predicted octanol–water partition coefficient (Wildman–Crippen LogP) is -0.745. The van der Waals surface area contributed by atoms with Gasteiger partial charge in [0.25, 0.3) is 0 Å². The Morgan fingerprint density at radius 2 is 1.52 bits per heavy atom. The fourth-order valence-corrected chi connectivity index (χ4v) is 3.26. The van der Waals surface area contributed by atoms with Gasteiger partial charge in [-0.05, 0) is 24.3 Å². The molecule has 10 nitrogen and oxygen atoms in total. The maximum atomic E-state index is 12.7. The van der Waals surface area contributed by atoms with E-state index in [4.69, 9.17) is 4.74 Å². The van der Waals surface area contributed by atoms with Crippen molar-refractivity contribution in [3.63, 3.8) is 0 Å². The molecule has 0 bridgehead atoms. The SMILES string of the molecule is O=C(c1ccc(O)cc1)c1c(O)cc(O)c(C2OC(CO)C(O)C(O)C2O)c1O. The van der Waals surface area contributed by atoms with Gasteiger partial charge in [-0.15, -0.1) is 0 Å². The largest absolute Gasteiger partial charge is 0.508 e. The molecule has 8 N–H and O–H groups in total. The minimum absolute atomic E-state index is 0.00107. The molecule has 0 spiro atoms. The molecule has 5 atom stereocenters. The van der Waals surface area contributed by atoms with E-state index in [-0.39, 0.29) is 11.3 Å². The summed E-state index contributed by atoms with van der Waals surface area (Å²) in [5.41, 5.74) is -1.12. The van der Waals surface area contributed by atoms with E-state index >= 15 is 0 Å². The molecule has 2 aromatic carbocycles. The van der Waals surface area contributed by atoms with Gasteiger partial charge in [-0.3, -0.25) is 4.79 Å². The molecular weight excluding hydrogens is 388 g/mol. The van der Waals surface area contributed by atoms with Crippen molar-refractivity contribution in [2.75, 3.05) is 6.61 Å². The molecule has 1 fully saturated rings. The highest BCUT2D eigenvalue weighted by Crippen LogP contribution is 2.46. The summed E-state index contributed by atoms with van der Waals surface area (Å²) in [6.07, 6.45) is -8.22. The Morgan fingerprint density at radius 1 is 0.897 bits per heavy atom. The van der Waals surface area contributed by atoms with E-state index in [0.717, 1.165) is 6.07 Å². The summed E-state index contributed by atoms with van der Waals surface area (Å²) < 4.78 is 5.32. The summed E-state index contributed by atoms with van der Waals surface area (Å²) >= 11 is 0. The number of aliphatic hydroxyl groups is 4. The highest BCUT2D eigenvalue weighted by atomic mass is 16.5. The smallest absolute Gasteiger partial charge is 0.200 e. The fraction of sp³-hybridized carbons (Fsp3) is 0.316. The van der Waals surface area contributed by atoms with Crippen LogP contribution in [0.3, 0.4) is 0 Å². The summed E-state index contributed by atoms with van der Waals surface area (Å²) in [6, 6.07) is 5.69. The highest BCUT2D eigenvalue weighted by molar-refractivity contribution is 6.12. The van der Waals surface area contributed by atoms with Crippen molar-refractivity contribution >= 4 is 5.78 Å². The van der Waals surface area contributed by atoms with E-state index < -0.39 is 71.3 Å². The van der Waals surface area contributed by atoms with Crippen LogP contribution in [0.4, 0.5) is 0 Å². The molecular formula is C19H20O10. The molecule has 156 valence electrons. The van der Waals surface area contributed by atoms with Gasteiger partial charge in [-0.1, -0.05) is 0 Å². The number of aliphatic hydroxyl groups excluding tert-OH is 4. The summed E-state index contributed by atoms with van der Waals surface area (Å²) in [5.74, 6) is -3.38. The van der Waals surface area contributed by atoms with Gasteiger partial charge in [-0.2, -0.15) is 0 Å². The molecule has 1 heterocycles.